The van der Waals surface area contributed by atoms with Gasteiger partial charge in [0.05, 0.1) is 0 Å². The van der Waals surface area contributed by atoms with Crippen molar-refractivity contribution in [2.75, 3.05) is 19.6 Å². The number of nitrogens with zero attached hydrogens (tertiary/aromatic N) is 1. The van der Waals surface area contributed by atoms with Gasteiger partial charge in [0.2, 0.25) is 0 Å². The van der Waals surface area contributed by atoms with Gasteiger partial charge < -0.3 is 10.6 Å². The molecule has 0 amide bonds. The van der Waals surface area contributed by atoms with Gasteiger partial charge in [0, 0.05) is 6.04 Å². The van der Waals surface area contributed by atoms with Crippen LogP contribution in [0.25, 0.3) is 0 Å². The lowest BCUT2D eigenvalue weighted by Crippen LogP contribution is -2.32. The highest BCUT2D eigenvalue weighted by Crippen LogP contribution is 2.07. The van der Waals surface area contributed by atoms with Crippen LogP contribution < -0.4 is 5.73 Å². The first-order chi connectivity index (χ1) is 7.41. The van der Waals surface area contributed by atoms with Crippen molar-refractivity contribution < 1.29 is 0 Å². The molecule has 0 aliphatic heterocycles. The van der Waals surface area contributed by atoms with Crippen LogP contribution in [0, 0.1) is 11.8 Å². The molecule has 0 saturated carbocycles. The summed E-state index contributed by atoms with van der Waals surface area (Å²) in [7, 11) is 0. The molecule has 0 saturated heterocycles. The molecule has 0 aliphatic rings. The predicted molar refractivity (Wildman–Crippen MR) is 73.6 cm³/mol. The normalized spacial score (nSPS) is 14.1. The lowest BCUT2D eigenvalue weighted by atomic mass is 10.1. The Hall–Kier alpha value is -0.0800. The fourth-order valence-corrected chi connectivity index (χ4v) is 1.60. The van der Waals surface area contributed by atoms with Crippen molar-refractivity contribution in [1.82, 2.24) is 4.90 Å². The van der Waals surface area contributed by atoms with Gasteiger partial charge in [-0.3, -0.25) is 0 Å². The molecule has 1 atom stereocenters. The van der Waals surface area contributed by atoms with E-state index in [1.807, 2.05) is 0 Å². The molecule has 0 aliphatic carbocycles. The molecule has 0 heterocycles. The van der Waals surface area contributed by atoms with Crippen molar-refractivity contribution in [3.63, 3.8) is 0 Å². The third-order valence-corrected chi connectivity index (χ3v) is 2.95. The average molecular weight is 228 g/mol. The standard InChI is InChI=1S/C14H32N2/c1-12(2)6-9-16(10-7-13(3)4)11-8-14(5)15/h12-14H,6-11,15H2,1-5H3/t14-/m1/s1. The smallest absolute Gasteiger partial charge is 0.00226 e. The Balaban J connectivity index is 3.85. The quantitative estimate of drug-likeness (QED) is 0.657. The van der Waals surface area contributed by atoms with Crippen molar-refractivity contribution >= 4 is 0 Å². The molecular weight excluding hydrogens is 196 g/mol. The van der Waals surface area contributed by atoms with Gasteiger partial charge in [0.25, 0.3) is 0 Å². The maximum absolute atomic E-state index is 5.83. The lowest BCUT2D eigenvalue weighted by Gasteiger charge is -2.24. The number of nitrogens with two attached hydrogens (primary N) is 1. The van der Waals surface area contributed by atoms with E-state index >= 15 is 0 Å². The molecule has 2 nitrogen and oxygen atoms in total. The van der Waals surface area contributed by atoms with Crippen molar-refractivity contribution in [2.24, 2.45) is 17.6 Å². The van der Waals surface area contributed by atoms with E-state index in [0.29, 0.717) is 6.04 Å². The van der Waals surface area contributed by atoms with Crippen LogP contribution in [0.1, 0.15) is 53.9 Å². The average Bonchev–Trinajstić information content (AvgIpc) is 2.15. The molecule has 0 rings (SSSR count). The van der Waals surface area contributed by atoms with Gasteiger partial charge in [-0.05, 0) is 57.7 Å². The van der Waals surface area contributed by atoms with E-state index in [1.54, 1.807) is 0 Å². The summed E-state index contributed by atoms with van der Waals surface area (Å²) < 4.78 is 0. The number of rotatable bonds is 9. The van der Waals surface area contributed by atoms with E-state index < -0.39 is 0 Å². The Morgan fingerprint density at radius 1 is 0.750 bits per heavy atom. The minimum absolute atomic E-state index is 0.334. The molecule has 2 heteroatoms. The first-order valence-corrected chi connectivity index (χ1v) is 6.89. The molecule has 0 unspecified atom stereocenters. The molecule has 0 bridgehead atoms. The highest BCUT2D eigenvalue weighted by molar-refractivity contribution is 4.64. The van der Waals surface area contributed by atoms with E-state index in [-0.39, 0.29) is 0 Å². The molecule has 16 heavy (non-hydrogen) atoms. The van der Waals surface area contributed by atoms with Gasteiger partial charge >= 0.3 is 0 Å². The number of hydrogen-bond acceptors (Lipinski definition) is 2. The third kappa shape index (κ3) is 10.4. The maximum atomic E-state index is 5.83. The van der Waals surface area contributed by atoms with Crippen molar-refractivity contribution in [3.8, 4) is 0 Å². The van der Waals surface area contributed by atoms with Gasteiger partial charge in [-0.15, -0.1) is 0 Å². The monoisotopic (exact) mass is 228 g/mol. The van der Waals surface area contributed by atoms with Crippen LogP contribution in [0.2, 0.25) is 0 Å². The highest BCUT2D eigenvalue weighted by Gasteiger charge is 2.08. The van der Waals surface area contributed by atoms with E-state index in [1.165, 1.54) is 25.9 Å². The Morgan fingerprint density at radius 3 is 1.44 bits per heavy atom. The van der Waals surface area contributed by atoms with E-state index in [4.69, 9.17) is 5.73 Å². The van der Waals surface area contributed by atoms with Crippen LogP contribution in [-0.4, -0.2) is 30.6 Å². The van der Waals surface area contributed by atoms with Crippen LogP contribution in [0.4, 0.5) is 0 Å². The maximum Gasteiger partial charge on any atom is 0.00226 e. The minimum atomic E-state index is 0.334. The fraction of sp³-hybridized carbons (Fsp3) is 1.00. The van der Waals surface area contributed by atoms with Gasteiger partial charge in [0.15, 0.2) is 0 Å². The summed E-state index contributed by atoms with van der Waals surface area (Å²) in [6.45, 7) is 14.9. The third-order valence-electron chi connectivity index (χ3n) is 2.95. The van der Waals surface area contributed by atoms with Crippen LogP contribution in [0.15, 0.2) is 0 Å². The van der Waals surface area contributed by atoms with Gasteiger partial charge in [-0.1, -0.05) is 27.7 Å². The Bertz CT molecular complexity index is 124. The summed E-state index contributed by atoms with van der Waals surface area (Å²) in [5.41, 5.74) is 5.83. The largest absolute Gasteiger partial charge is 0.328 e. The topological polar surface area (TPSA) is 29.3 Å². The molecule has 98 valence electrons. The summed E-state index contributed by atoms with van der Waals surface area (Å²) in [5, 5.41) is 0. The summed E-state index contributed by atoms with van der Waals surface area (Å²) >= 11 is 0. The van der Waals surface area contributed by atoms with Gasteiger partial charge in [-0.2, -0.15) is 0 Å². The second-order valence-electron chi connectivity index (χ2n) is 5.97. The molecule has 0 aromatic carbocycles. The molecule has 0 aromatic heterocycles. The second-order valence-corrected chi connectivity index (χ2v) is 5.97. The Labute approximate surface area is 103 Å². The van der Waals surface area contributed by atoms with Crippen LogP contribution in [-0.2, 0) is 0 Å². The molecule has 0 spiro atoms. The Morgan fingerprint density at radius 2 is 1.12 bits per heavy atom. The van der Waals surface area contributed by atoms with Crippen LogP contribution >= 0.6 is 0 Å². The van der Waals surface area contributed by atoms with Crippen molar-refractivity contribution in [3.05, 3.63) is 0 Å². The molecular formula is C14H32N2. The first kappa shape index (κ1) is 15.9. The Kier molecular flexibility index (Phi) is 8.96. The van der Waals surface area contributed by atoms with Crippen LogP contribution in [0.5, 0.6) is 0 Å². The molecule has 0 fully saturated rings. The van der Waals surface area contributed by atoms with E-state index in [2.05, 4.69) is 39.5 Å². The van der Waals surface area contributed by atoms with Crippen molar-refractivity contribution in [2.45, 2.75) is 59.9 Å². The van der Waals surface area contributed by atoms with Gasteiger partial charge in [0.1, 0.15) is 0 Å². The van der Waals surface area contributed by atoms with Crippen molar-refractivity contribution in [1.29, 1.82) is 0 Å². The SMILES string of the molecule is CC(C)CCN(CCC(C)C)CC[C@@H](C)N. The summed E-state index contributed by atoms with van der Waals surface area (Å²) in [6.07, 6.45) is 3.73. The van der Waals surface area contributed by atoms with Crippen LogP contribution in [0.3, 0.4) is 0 Å². The summed E-state index contributed by atoms with van der Waals surface area (Å²) in [5.74, 6) is 1.61. The molecule has 0 aromatic rings. The zero-order valence-electron chi connectivity index (χ0n) is 12.0. The first-order valence-electron chi connectivity index (χ1n) is 6.89. The molecule has 0 radical (unpaired) electrons. The second kappa shape index (κ2) is 9.00. The zero-order valence-corrected chi connectivity index (χ0v) is 12.0. The minimum Gasteiger partial charge on any atom is -0.328 e. The molecule has 2 N–H and O–H groups in total. The highest BCUT2D eigenvalue weighted by atomic mass is 15.1. The summed E-state index contributed by atoms with van der Waals surface area (Å²) in [4.78, 5) is 2.59. The predicted octanol–water partition coefficient (Wildman–Crippen LogP) is 3.12. The zero-order chi connectivity index (χ0) is 12.6. The van der Waals surface area contributed by atoms with E-state index in [9.17, 15) is 0 Å². The fourth-order valence-electron chi connectivity index (χ4n) is 1.60. The van der Waals surface area contributed by atoms with E-state index in [0.717, 1.165) is 24.8 Å². The lowest BCUT2D eigenvalue weighted by molar-refractivity contribution is 0.236. The number of hydrogen-bond donors (Lipinski definition) is 1. The summed E-state index contributed by atoms with van der Waals surface area (Å²) in [6, 6.07) is 0.334. The van der Waals surface area contributed by atoms with Gasteiger partial charge in [-0.25, -0.2) is 0 Å².